The van der Waals surface area contributed by atoms with Crippen molar-refractivity contribution in [1.82, 2.24) is 0 Å². The van der Waals surface area contributed by atoms with Gasteiger partial charge in [0.15, 0.2) is 6.17 Å². The number of hydrogen-bond acceptors (Lipinski definition) is 9. The average Bonchev–Trinajstić information content (AvgIpc) is 2.68. The van der Waals surface area contributed by atoms with Crippen molar-refractivity contribution in [2.45, 2.75) is 84.2 Å². The minimum absolute atomic E-state index is 0.0283. The van der Waals surface area contributed by atoms with Gasteiger partial charge in [0.25, 0.3) is 0 Å². The Morgan fingerprint density at radius 1 is 1.13 bits per heavy atom. The number of Topliss-reactive ketones (excluding diaryl/α,β-unsaturated/α-hetero) is 1. The molecule has 180 valence electrons. The Kier molecular flexibility index (Phi) is 12.4. The molecule has 1 aliphatic rings. The molecule has 1 saturated heterocycles. The van der Waals surface area contributed by atoms with Crippen LogP contribution in [0.3, 0.4) is 0 Å². The number of carbonyl (C=O) groups excluding carboxylic acids is 4. The number of carbonyl (C=O) groups is 4. The lowest BCUT2D eigenvalue weighted by molar-refractivity contribution is -0.270. The summed E-state index contributed by atoms with van der Waals surface area (Å²) in [6.07, 6.45) is -4.03. The van der Waals surface area contributed by atoms with Gasteiger partial charge < -0.3 is 29.5 Å². The van der Waals surface area contributed by atoms with Crippen molar-refractivity contribution >= 4 is 23.7 Å². The van der Waals surface area contributed by atoms with E-state index in [2.05, 4.69) is 9.47 Å². The van der Waals surface area contributed by atoms with Crippen molar-refractivity contribution < 1.29 is 46.9 Å². The van der Waals surface area contributed by atoms with E-state index < -0.39 is 48.1 Å². The summed E-state index contributed by atoms with van der Waals surface area (Å²) >= 11 is 0. The molecule has 0 bridgehead atoms. The van der Waals surface area contributed by atoms with Crippen LogP contribution in [0.1, 0.15) is 53.9 Å². The van der Waals surface area contributed by atoms with E-state index >= 15 is 4.39 Å². The molecule has 0 radical (unpaired) electrons. The predicted octanol–water partition coefficient (Wildman–Crippen LogP) is 1.79. The third kappa shape index (κ3) is 8.86. The first kappa shape index (κ1) is 28.9. The van der Waals surface area contributed by atoms with Gasteiger partial charge in [-0.25, -0.2) is 9.18 Å². The Morgan fingerprint density at radius 3 is 2.06 bits per heavy atom. The number of ether oxygens (including phenoxy) is 4. The van der Waals surface area contributed by atoms with Gasteiger partial charge in [0.1, 0.15) is 11.9 Å². The lowest BCUT2D eigenvalue weighted by Gasteiger charge is -2.45. The largest absolute Gasteiger partial charge is 0.469 e. The van der Waals surface area contributed by atoms with Crippen LogP contribution in [0.5, 0.6) is 0 Å². The summed E-state index contributed by atoms with van der Waals surface area (Å²) in [4.78, 5) is 44.2. The summed E-state index contributed by atoms with van der Waals surface area (Å²) in [5.41, 5.74) is 5.83. The van der Waals surface area contributed by atoms with Gasteiger partial charge in [0.2, 0.25) is 0 Å². The fourth-order valence-electron chi connectivity index (χ4n) is 3.09. The van der Waals surface area contributed by atoms with Crippen LogP contribution in [0, 0.1) is 5.92 Å². The predicted molar refractivity (Wildman–Crippen MR) is 105 cm³/mol. The molecule has 0 aromatic rings. The van der Waals surface area contributed by atoms with E-state index in [9.17, 15) is 23.6 Å². The van der Waals surface area contributed by atoms with Crippen LogP contribution in [0.15, 0.2) is 0 Å². The van der Waals surface area contributed by atoms with Crippen LogP contribution in [-0.4, -0.2) is 67.7 Å². The molecule has 1 heterocycles. The monoisotopic (exact) mass is 453 g/mol. The molecule has 0 amide bonds. The van der Waals surface area contributed by atoms with Gasteiger partial charge in [-0.3, -0.25) is 9.59 Å². The van der Waals surface area contributed by atoms with E-state index in [-0.39, 0.29) is 31.2 Å². The number of rotatable bonds is 8. The molecule has 0 spiro atoms. The molecule has 2 N–H and O–H groups in total. The molecular formula is C20H33F2NO8. The van der Waals surface area contributed by atoms with Crippen molar-refractivity contribution in [1.29, 1.82) is 0 Å². The average molecular weight is 453 g/mol. The van der Waals surface area contributed by atoms with Crippen molar-refractivity contribution in [3.63, 3.8) is 0 Å². The van der Waals surface area contributed by atoms with Gasteiger partial charge >= 0.3 is 23.8 Å². The molecule has 1 fully saturated rings. The summed E-state index contributed by atoms with van der Waals surface area (Å²) in [6.45, 7) is 6.90. The second-order valence-electron chi connectivity index (χ2n) is 7.14. The zero-order valence-corrected chi connectivity index (χ0v) is 18.8. The standard InChI is InChI=1S/C17H27F2NO6.C3H6O2/c1-5-11(25-10(4)22)8-13-12(7-9(3)21)14(20)15(18)17(19,26-13)16(23)24-6-2;1-3(4)5-2/h11-15H,5-8,20H2,1-4H3;1-2H3/t11-,12+,13?,14+,15?,17-;/m1./s1. The highest BCUT2D eigenvalue weighted by Crippen LogP contribution is 2.40. The zero-order valence-electron chi connectivity index (χ0n) is 18.8. The van der Waals surface area contributed by atoms with E-state index in [4.69, 9.17) is 15.2 Å². The van der Waals surface area contributed by atoms with Crippen molar-refractivity contribution in [2.75, 3.05) is 13.7 Å². The van der Waals surface area contributed by atoms with E-state index in [1.54, 1.807) is 6.92 Å². The minimum Gasteiger partial charge on any atom is -0.469 e. The minimum atomic E-state index is -3.37. The third-order valence-electron chi connectivity index (χ3n) is 4.64. The number of alkyl halides is 2. The molecule has 9 nitrogen and oxygen atoms in total. The summed E-state index contributed by atoms with van der Waals surface area (Å²) in [5.74, 6) is -6.82. The molecule has 6 atom stereocenters. The van der Waals surface area contributed by atoms with E-state index in [1.807, 2.05) is 0 Å². The molecule has 1 rings (SSSR count). The van der Waals surface area contributed by atoms with E-state index in [1.165, 1.54) is 34.8 Å². The second-order valence-corrected chi connectivity index (χ2v) is 7.14. The second kappa shape index (κ2) is 13.3. The molecular weight excluding hydrogens is 420 g/mol. The maximum Gasteiger partial charge on any atom is 0.375 e. The van der Waals surface area contributed by atoms with Crippen LogP contribution in [0.25, 0.3) is 0 Å². The Bertz CT molecular complexity index is 632. The lowest BCUT2D eigenvalue weighted by Crippen LogP contribution is -2.65. The first-order valence-electron chi connectivity index (χ1n) is 9.98. The number of halogens is 2. The Balaban J connectivity index is 0.00000161. The number of nitrogens with two attached hydrogens (primary N) is 1. The first-order chi connectivity index (χ1) is 14.3. The Hall–Kier alpha value is -2.14. The highest BCUT2D eigenvalue weighted by molar-refractivity contribution is 5.79. The molecule has 0 aromatic carbocycles. The number of methoxy groups -OCH3 is 1. The lowest BCUT2D eigenvalue weighted by atomic mass is 9.79. The summed E-state index contributed by atoms with van der Waals surface area (Å²) in [5, 5.41) is 0. The fourth-order valence-corrected chi connectivity index (χ4v) is 3.09. The highest BCUT2D eigenvalue weighted by atomic mass is 19.2. The molecule has 0 saturated carbocycles. The van der Waals surface area contributed by atoms with Gasteiger partial charge in [0.05, 0.1) is 19.8 Å². The smallest absolute Gasteiger partial charge is 0.375 e. The van der Waals surface area contributed by atoms with Gasteiger partial charge in [-0.2, -0.15) is 4.39 Å². The molecule has 31 heavy (non-hydrogen) atoms. The van der Waals surface area contributed by atoms with Gasteiger partial charge in [-0.15, -0.1) is 0 Å². The third-order valence-corrected chi connectivity index (χ3v) is 4.64. The van der Waals surface area contributed by atoms with Crippen LogP contribution in [0.2, 0.25) is 0 Å². The normalized spacial score (nSPS) is 28.4. The van der Waals surface area contributed by atoms with Crippen LogP contribution >= 0.6 is 0 Å². The molecule has 0 aliphatic carbocycles. The van der Waals surface area contributed by atoms with Crippen molar-refractivity contribution in [3.05, 3.63) is 0 Å². The number of ketones is 1. The highest BCUT2D eigenvalue weighted by Gasteiger charge is 2.61. The van der Waals surface area contributed by atoms with Crippen molar-refractivity contribution in [3.8, 4) is 0 Å². The molecule has 2 unspecified atom stereocenters. The zero-order chi connectivity index (χ0) is 24.4. The maximum absolute atomic E-state index is 15.0. The van der Waals surface area contributed by atoms with Gasteiger partial charge in [0, 0.05) is 38.6 Å². The number of hydrogen-bond donors (Lipinski definition) is 1. The van der Waals surface area contributed by atoms with E-state index in [0.717, 1.165) is 0 Å². The maximum atomic E-state index is 15.0. The molecule has 11 heteroatoms. The molecule has 0 aromatic heterocycles. The SMILES string of the molecule is CCOC(=O)[C@]1(F)OC(C[C@@H](CC)OC(C)=O)[C@H](CC(C)=O)[C@H](N)C1F.COC(C)=O. The Labute approximate surface area is 180 Å². The van der Waals surface area contributed by atoms with Gasteiger partial charge in [-0.1, -0.05) is 6.92 Å². The van der Waals surface area contributed by atoms with Crippen LogP contribution in [-0.2, 0) is 38.1 Å². The van der Waals surface area contributed by atoms with E-state index in [0.29, 0.717) is 6.42 Å². The fraction of sp³-hybridized carbons (Fsp3) is 0.800. The summed E-state index contributed by atoms with van der Waals surface area (Å²) in [6, 6.07) is -1.46. The van der Waals surface area contributed by atoms with Gasteiger partial charge in [-0.05, 0) is 20.3 Å². The van der Waals surface area contributed by atoms with Crippen LogP contribution < -0.4 is 5.73 Å². The Morgan fingerprint density at radius 2 is 1.68 bits per heavy atom. The first-order valence-corrected chi connectivity index (χ1v) is 9.98. The summed E-state index contributed by atoms with van der Waals surface area (Å²) in [7, 11) is 1.35. The quantitative estimate of drug-likeness (QED) is 0.431. The number of esters is 3. The summed E-state index contributed by atoms with van der Waals surface area (Å²) < 4.78 is 48.6. The van der Waals surface area contributed by atoms with Crippen molar-refractivity contribution in [2.24, 2.45) is 11.7 Å². The topological polar surface area (TPSA) is 131 Å². The van der Waals surface area contributed by atoms with Crippen LogP contribution in [0.4, 0.5) is 8.78 Å². The molecule has 1 aliphatic heterocycles.